The van der Waals surface area contributed by atoms with E-state index in [1.807, 2.05) is 30.3 Å². The molecule has 1 aliphatic rings. The van der Waals surface area contributed by atoms with E-state index in [2.05, 4.69) is 10.3 Å². The summed E-state index contributed by atoms with van der Waals surface area (Å²) < 4.78 is 31.6. The minimum Gasteiger partial charge on any atom is -0.381 e. The standard InChI is InChI=1S/C20H20N4O5S/c25-19(22-26)20(10-12-29-13-11-20)30(27,28)17-8-6-16(7-9-17)24-14-18(21-23-24)15-4-2-1-3-5-15/h1-9,14,26H,10-13H2,(H,22,25). The summed E-state index contributed by atoms with van der Waals surface area (Å²) in [6.07, 6.45) is 1.68. The molecule has 0 radical (unpaired) electrons. The van der Waals surface area contributed by atoms with Crippen LogP contribution in [0.15, 0.2) is 65.7 Å². The number of hydrogen-bond acceptors (Lipinski definition) is 7. The van der Waals surface area contributed by atoms with E-state index in [-0.39, 0.29) is 31.0 Å². The Morgan fingerprint density at radius 3 is 2.37 bits per heavy atom. The molecule has 1 aromatic heterocycles. The molecule has 1 aliphatic heterocycles. The number of sulfone groups is 1. The first kappa shape index (κ1) is 20.2. The van der Waals surface area contributed by atoms with E-state index in [4.69, 9.17) is 9.94 Å². The van der Waals surface area contributed by atoms with Gasteiger partial charge in [-0.3, -0.25) is 10.0 Å². The summed E-state index contributed by atoms with van der Waals surface area (Å²) in [4.78, 5) is 12.3. The third-order valence-corrected chi connectivity index (χ3v) is 7.82. The zero-order valence-corrected chi connectivity index (χ0v) is 16.7. The van der Waals surface area contributed by atoms with E-state index in [1.165, 1.54) is 17.6 Å². The van der Waals surface area contributed by atoms with Crippen LogP contribution in [0.4, 0.5) is 0 Å². The molecule has 1 saturated heterocycles. The molecule has 0 unspecified atom stereocenters. The van der Waals surface area contributed by atoms with Crippen molar-refractivity contribution in [3.05, 3.63) is 60.8 Å². The maximum atomic E-state index is 13.3. The van der Waals surface area contributed by atoms with Crippen molar-refractivity contribution in [1.29, 1.82) is 0 Å². The summed E-state index contributed by atoms with van der Waals surface area (Å²) in [5, 5.41) is 17.4. The van der Waals surface area contributed by atoms with Gasteiger partial charge in [0.25, 0.3) is 5.91 Å². The lowest BCUT2D eigenvalue weighted by atomic mass is 9.98. The molecule has 0 bridgehead atoms. The van der Waals surface area contributed by atoms with Crippen LogP contribution in [-0.4, -0.2) is 52.5 Å². The second-order valence-electron chi connectivity index (χ2n) is 6.96. The molecule has 2 heterocycles. The Bertz CT molecular complexity index is 1140. The van der Waals surface area contributed by atoms with Crippen molar-refractivity contribution in [2.45, 2.75) is 22.5 Å². The lowest BCUT2D eigenvalue weighted by Crippen LogP contribution is -2.54. The van der Waals surface area contributed by atoms with Crippen LogP contribution < -0.4 is 5.48 Å². The number of carbonyl (C=O) groups excluding carboxylic acids is 1. The number of amides is 1. The fourth-order valence-electron chi connectivity index (χ4n) is 3.56. The largest absolute Gasteiger partial charge is 0.381 e. The van der Waals surface area contributed by atoms with Crippen LogP contribution in [0, 0.1) is 0 Å². The third kappa shape index (κ3) is 3.38. The van der Waals surface area contributed by atoms with E-state index >= 15 is 0 Å². The smallest absolute Gasteiger partial charge is 0.265 e. The van der Waals surface area contributed by atoms with E-state index in [0.717, 1.165) is 5.56 Å². The Kier molecular flexibility index (Phi) is 5.37. The quantitative estimate of drug-likeness (QED) is 0.469. The summed E-state index contributed by atoms with van der Waals surface area (Å²) in [5.74, 6) is -0.946. The highest BCUT2D eigenvalue weighted by Crippen LogP contribution is 2.35. The average molecular weight is 428 g/mol. The van der Waals surface area contributed by atoms with Crippen LogP contribution in [0.3, 0.4) is 0 Å². The normalized spacial score (nSPS) is 16.2. The molecule has 0 atom stereocenters. The Balaban J connectivity index is 1.65. The van der Waals surface area contributed by atoms with E-state index in [9.17, 15) is 13.2 Å². The molecule has 156 valence electrons. The maximum absolute atomic E-state index is 13.3. The molecule has 3 aromatic rings. The van der Waals surface area contributed by atoms with Gasteiger partial charge in [0.2, 0.25) is 0 Å². The number of nitrogens with one attached hydrogen (secondary N) is 1. The molecular weight excluding hydrogens is 408 g/mol. The van der Waals surface area contributed by atoms with Crippen molar-refractivity contribution in [3.63, 3.8) is 0 Å². The van der Waals surface area contributed by atoms with Gasteiger partial charge in [-0.2, -0.15) is 0 Å². The number of hydroxylamine groups is 1. The van der Waals surface area contributed by atoms with Gasteiger partial charge < -0.3 is 4.74 Å². The topological polar surface area (TPSA) is 123 Å². The Morgan fingerprint density at radius 2 is 1.73 bits per heavy atom. The van der Waals surface area contributed by atoms with Gasteiger partial charge in [-0.15, -0.1) is 5.10 Å². The zero-order valence-electron chi connectivity index (χ0n) is 15.9. The van der Waals surface area contributed by atoms with Crippen molar-refractivity contribution in [1.82, 2.24) is 20.5 Å². The van der Waals surface area contributed by atoms with Gasteiger partial charge in [0.15, 0.2) is 14.6 Å². The van der Waals surface area contributed by atoms with E-state index in [1.54, 1.807) is 23.0 Å². The Labute approximate surface area is 173 Å². The number of ether oxygens (including phenoxy) is 1. The van der Waals surface area contributed by atoms with Crippen LogP contribution in [-0.2, 0) is 19.4 Å². The van der Waals surface area contributed by atoms with Gasteiger partial charge in [-0.05, 0) is 37.1 Å². The summed E-state index contributed by atoms with van der Waals surface area (Å²) >= 11 is 0. The molecule has 1 fully saturated rings. The number of aromatic nitrogens is 3. The molecule has 9 nitrogen and oxygen atoms in total. The van der Waals surface area contributed by atoms with Crippen molar-refractivity contribution in [2.75, 3.05) is 13.2 Å². The van der Waals surface area contributed by atoms with Crippen molar-refractivity contribution >= 4 is 15.7 Å². The summed E-state index contributed by atoms with van der Waals surface area (Å²) in [5.41, 5.74) is 3.74. The SMILES string of the molecule is O=C(NO)C1(S(=O)(=O)c2ccc(-n3cc(-c4ccccc4)nn3)cc2)CCOCC1. The van der Waals surface area contributed by atoms with Crippen LogP contribution >= 0.6 is 0 Å². The molecule has 2 aromatic carbocycles. The number of benzene rings is 2. The molecule has 4 rings (SSSR count). The fraction of sp³-hybridized carbons (Fsp3) is 0.250. The number of rotatable bonds is 5. The first-order valence-electron chi connectivity index (χ1n) is 9.33. The summed E-state index contributed by atoms with van der Waals surface area (Å²) in [7, 11) is -4.07. The predicted molar refractivity (Wildman–Crippen MR) is 107 cm³/mol. The third-order valence-electron chi connectivity index (χ3n) is 5.30. The molecule has 0 saturated carbocycles. The van der Waals surface area contributed by atoms with Crippen LogP contribution in [0.25, 0.3) is 16.9 Å². The minimum atomic E-state index is -4.07. The van der Waals surface area contributed by atoms with Gasteiger partial charge in [0, 0.05) is 18.8 Å². The van der Waals surface area contributed by atoms with Crippen molar-refractivity contribution in [3.8, 4) is 16.9 Å². The van der Waals surface area contributed by atoms with Gasteiger partial charge in [0.05, 0.1) is 16.8 Å². The first-order chi connectivity index (χ1) is 14.5. The fourth-order valence-corrected chi connectivity index (χ4v) is 5.50. The summed E-state index contributed by atoms with van der Waals surface area (Å²) in [6.45, 7) is 0.234. The van der Waals surface area contributed by atoms with Crippen LogP contribution in [0.1, 0.15) is 12.8 Å². The van der Waals surface area contributed by atoms with Crippen LogP contribution in [0.2, 0.25) is 0 Å². The highest BCUT2D eigenvalue weighted by Gasteiger charge is 2.52. The average Bonchev–Trinajstić information content (AvgIpc) is 3.30. The molecular formula is C20H20N4O5S. The minimum absolute atomic E-state index is 0.0138. The highest BCUT2D eigenvalue weighted by atomic mass is 32.2. The molecule has 10 heteroatoms. The van der Waals surface area contributed by atoms with Gasteiger partial charge in [0.1, 0.15) is 5.69 Å². The molecule has 1 amide bonds. The number of carbonyl (C=O) groups is 1. The molecule has 0 aliphatic carbocycles. The van der Waals surface area contributed by atoms with E-state index < -0.39 is 20.5 Å². The van der Waals surface area contributed by atoms with Gasteiger partial charge >= 0.3 is 0 Å². The van der Waals surface area contributed by atoms with E-state index in [0.29, 0.717) is 11.4 Å². The molecule has 0 spiro atoms. The zero-order chi connectivity index (χ0) is 21.2. The van der Waals surface area contributed by atoms with Gasteiger partial charge in [-0.1, -0.05) is 35.5 Å². The Hall–Kier alpha value is -3.08. The van der Waals surface area contributed by atoms with Crippen molar-refractivity contribution in [2.24, 2.45) is 0 Å². The van der Waals surface area contributed by atoms with Crippen molar-refractivity contribution < 1.29 is 23.2 Å². The van der Waals surface area contributed by atoms with Crippen LogP contribution in [0.5, 0.6) is 0 Å². The predicted octanol–water partition coefficient (Wildman–Crippen LogP) is 1.76. The first-order valence-corrected chi connectivity index (χ1v) is 10.8. The monoisotopic (exact) mass is 428 g/mol. The number of nitrogens with zero attached hydrogens (tertiary/aromatic N) is 3. The molecule has 2 N–H and O–H groups in total. The lowest BCUT2D eigenvalue weighted by molar-refractivity contribution is -0.134. The second-order valence-corrected chi connectivity index (χ2v) is 9.22. The number of hydrogen-bond donors (Lipinski definition) is 2. The van der Waals surface area contributed by atoms with Gasteiger partial charge in [-0.25, -0.2) is 18.6 Å². The maximum Gasteiger partial charge on any atom is 0.265 e. The molecule has 30 heavy (non-hydrogen) atoms. The highest BCUT2D eigenvalue weighted by molar-refractivity contribution is 7.93. The lowest BCUT2D eigenvalue weighted by Gasteiger charge is -2.34. The Morgan fingerprint density at radius 1 is 1.07 bits per heavy atom. The second kappa shape index (κ2) is 7.98. The summed E-state index contributed by atoms with van der Waals surface area (Å²) in [6, 6.07) is 15.6.